The first-order valence-electron chi connectivity index (χ1n) is 4.52. The summed E-state index contributed by atoms with van der Waals surface area (Å²) in [5.74, 6) is 0.341. The Morgan fingerprint density at radius 3 is 2.73 bits per heavy atom. The Morgan fingerprint density at radius 2 is 2.27 bits per heavy atom. The van der Waals surface area contributed by atoms with Gasteiger partial charge in [0.1, 0.15) is 6.26 Å². The normalized spacial score (nSPS) is 12.2. The largest absolute Gasteiger partial charge is 0.481 e. The molecule has 0 bridgehead atoms. The summed E-state index contributed by atoms with van der Waals surface area (Å²) in [6.07, 6.45) is 2.90. The van der Waals surface area contributed by atoms with Crippen molar-refractivity contribution < 1.29 is 9.57 Å². The van der Waals surface area contributed by atoms with Crippen molar-refractivity contribution in [3.63, 3.8) is 0 Å². The molecule has 0 unspecified atom stereocenters. The number of allylic oxidation sites excluding steroid dienone is 2. The first-order valence-corrected chi connectivity index (χ1v) is 4.52. The minimum Gasteiger partial charge on any atom is -0.481 e. The number of methoxy groups -OCH3 is 1. The van der Waals surface area contributed by atoms with Gasteiger partial charge in [0.2, 0.25) is 5.88 Å². The smallest absolute Gasteiger partial charge is 0.217 e. The lowest BCUT2D eigenvalue weighted by atomic mass is 10.2. The Morgan fingerprint density at radius 1 is 1.60 bits per heavy atom. The van der Waals surface area contributed by atoms with Crippen LogP contribution >= 0.6 is 0 Å². The molecule has 0 aliphatic heterocycles. The molecule has 2 N–H and O–H groups in total. The van der Waals surface area contributed by atoms with Crippen LogP contribution in [0.15, 0.2) is 28.8 Å². The van der Waals surface area contributed by atoms with Gasteiger partial charge in [-0.05, 0) is 20.6 Å². The molecule has 0 aromatic rings. The van der Waals surface area contributed by atoms with E-state index < -0.39 is 0 Å². The molecule has 15 heavy (non-hydrogen) atoms. The summed E-state index contributed by atoms with van der Waals surface area (Å²) in [7, 11) is 1.49. The van der Waals surface area contributed by atoms with Crippen molar-refractivity contribution in [3.8, 4) is 0 Å². The molecule has 0 rings (SSSR count). The summed E-state index contributed by atoms with van der Waals surface area (Å²) in [5, 5.41) is 7.65. The highest BCUT2D eigenvalue weighted by atomic mass is 16.6. The maximum absolute atomic E-state index is 7.65. The number of nitrogens with zero attached hydrogens (tertiary/aromatic N) is 1. The first-order chi connectivity index (χ1) is 7.17. The number of ether oxygens (including phenoxy) is 1. The Bertz CT molecular complexity index is 282. The maximum atomic E-state index is 7.65. The highest BCUT2D eigenvalue weighted by molar-refractivity contribution is 6.05. The predicted octanol–water partition coefficient (Wildman–Crippen LogP) is 1.64. The summed E-state index contributed by atoms with van der Waals surface area (Å²) in [4.78, 5) is 8.52. The molecule has 0 saturated carbocycles. The van der Waals surface area contributed by atoms with Gasteiger partial charge in [0.05, 0.1) is 12.8 Å². The molecule has 5 nitrogen and oxygen atoms in total. The van der Waals surface area contributed by atoms with Gasteiger partial charge in [0.15, 0.2) is 0 Å². The Kier molecular flexibility index (Phi) is 6.92. The standard InChI is InChI=1S/C10H17N3O2/c1-5-13-15-7-6-9(11)8(2)10(12-3)14-4/h6-7,11,13H,3,5H2,1-2,4H3/b7-6+,10-8+,11-9?. The molecule has 0 atom stereocenters. The van der Waals surface area contributed by atoms with E-state index >= 15 is 0 Å². The van der Waals surface area contributed by atoms with E-state index in [1.165, 1.54) is 19.4 Å². The molecule has 0 aromatic heterocycles. The van der Waals surface area contributed by atoms with E-state index in [-0.39, 0.29) is 5.71 Å². The molecular formula is C10H17N3O2. The van der Waals surface area contributed by atoms with Crippen molar-refractivity contribution in [2.24, 2.45) is 4.99 Å². The van der Waals surface area contributed by atoms with Gasteiger partial charge in [-0.3, -0.25) is 0 Å². The van der Waals surface area contributed by atoms with E-state index in [0.717, 1.165) is 0 Å². The molecule has 0 aromatic carbocycles. The SMILES string of the molecule is C=N/C(OC)=C(/C)C(=N)/C=C/ONCC. The molecule has 5 heteroatoms. The van der Waals surface area contributed by atoms with Gasteiger partial charge in [-0.1, -0.05) is 0 Å². The van der Waals surface area contributed by atoms with E-state index in [1.807, 2.05) is 6.92 Å². The summed E-state index contributed by atoms with van der Waals surface area (Å²) < 4.78 is 4.93. The second kappa shape index (κ2) is 7.75. The van der Waals surface area contributed by atoms with Gasteiger partial charge >= 0.3 is 0 Å². The van der Waals surface area contributed by atoms with Gasteiger partial charge in [-0.25, -0.2) is 4.99 Å². The monoisotopic (exact) mass is 211 g/mol. The van der Waals surface area contributed by atoms with Crippen LogP contribution in [-0.2, 0) is 9.57 Å². The van der Waals surface area contributed by atoms with Crippen molar-refractivity contribution in [1.29, 1.82) is 5.41 Å². The fourth-order valence-corrected chi connectivity index (χ4v) is 0.810. The Balaban J connectivity index is 4.38. The predicted molar refractivity (Wildman–Crippen MR) is 60.9 cm³/mol. The second-order valence-electron chi connectivity index (χ2n) is 2.62. The highest BCUT2D eigenvalue weighted by Crippen LogP contribution is 2.07. The van der Waals surface area contributed by atoms with Gasteiger partial charge in [-0.15, -0.1) is 0 Å². The second-order valence-corrected chi connectivity index (χ2v) is 2.62. The summed E-state index contributed by atoms with van der Waals surface area (Å²) in [6, 6.07) is 0. The van der Waals surface area contributed by atoms with Crippen LogP contribution in [0.1, 0.15) is 13.8 Å². The van der Waals surface area contributed by atoms with Gasteiger partial charge in [0.25, 0.3) is 0 Å². The zero-order valence-electron chi connectivity index (χ0n) is 9.33. The summed E-state index contributed by atoms with van der Waals surface area (Å²) in [5.41, 5.74) is 3.50. The lowest BCUT2D eigenvalue weighted by molar-refractivity contribution is 0.140. The summed E-state index contributed by atoms with van der Waals surface area (Å²) in [6.45, 7) is 7.69. The minimum absolute atomic E-state index is 0.261. The van der Waals surface area contributed by atoms with Crippen molar-refractivity contribution in [3.05, 3.63) is 23.8 Å². The number of rotatable bonds is 7. The number of hydrogen-bond acceptors (Lipinski definition) is 5. The van der Waals surface area contributed by atoms with Crippen LogP contribution < -0.4 is 5.48 Å². The zero-order chi connectivity index (χ0) is 11.7. The fourth-order valence-electron chi connectivity index (χ4n) is 0.810. The third-order valence-corrected chi connectivity index (χ3v) is 1.59. The van der Waals surface area contributed by atoms with Crippen LogP contribution in [0.4, 0.5) is 0 Å². The molecule has 0 amide bonds. The zero-order valence-corrected chi connectivity index (χ0v) is 9.33. The molecule has 0 spiro atoms. The number of hydrogen-bond donors (Lipinski definition) is 2. The molecular weight excluding hydrogens is 194 g/mol. The van der Waals surface area contributed by atoms with E-state index in [4.69, 9.17) is 15.0 Å². The van der Waals surface area contributed by atoms with Crippen LogP contribution in [0.5, 0.6) is 0 Å². The van der Waals surface area contributed by atoms with Crippen LogP contribution in [0.2, 0.25) is 0 Å². The fraction of sp³-hybridized carbons (Fsp3) is 0.400. The van der Waals surface area contributed by atoms with Crippen molar-refractivity contribution in [1.82, 2.24) is 5.48 Å². The van der Waals surface area contributed by atoms with E-state index in [2.05, 4.69) is 17.2 Å². The average Bonchev–Trinajstić information content (AvgIpc) is 2.25. The van der Waals surface area contributed by atoms with Crippen LogP contribution in [0, 0.1) is 5.41 Å². The van der Waals surface area contributed by atoms with E-state index in [1.54, 1.807) is 6.92 Å². The highest BCUT2D eigenvalue weighted by Gasteiger charge is 2.03. The molecule has 0 aliphatic carbocycles. The molecule has 84 valence electrons. The topological polar surface area (TPSA) is 66.7 Å². The molecule has 0 heterocycles. The number of nitrogens with one attached hydrogen (secondary N) is 2. The molecule has 0 radical (unpaired) electrons. The molecule has 0 saturated heterocycles. The Hall–Kier alpha value is -1.62. The van der Waals surface area contributed by atoms with Crippen LogP contribution in [0.25, 0.3) is 0 Å². The summed E-state index contributed by atoms with van der Waals surface area (Å²) >= 11 is 0. The van der Waals surface area contributed by atoms with Crippen LogP contribution in [-0.4, -0.2) is 26.1 Å². The van der Waals surface area contributed by atoms with Gasteiger partial charge in [-0.2, -0.15) is 5.48 Å². The third-order valence-electron chi connectivity index (χ3n) is 1.59. The lowest BCUT2D eigenvalue weighted by Gasteiger charge is -2.04. The van der Waals surface area contributed by atoms with Crippen molar-refractivity contribution >= 4 is 12.4 Å². The van der Waals surface area contributed by atoms with Crippen molar-refractivity contribution in [2.45, 2.75) is 13.8 Å². The quantitative estimate of drug-likeness (QED) is 0.291. The van der Waals surface area contributed by atoms with Crippen molar-refractivity contribution in [2.75, 3.05) is 13.7 Å². The van der Waals surface area contributed by atoms with Gasteiger partial charge in [0, 0.05) is 18.2 Å². The average molecular weight is 211 g/mol. The third kappa shape index (κ3) is 4.97. The number of hydroxylamine groups is 1. The van der Waals surface area contributed by atoms with Crippen LogP contribution in [0.3, 0.4) is 0 Å². The van der Waals surface area contributed by atoms with Gasteiger partial charge < -0.3 is 15.0 Å². The first kappa shape index (κ1) is 13.4. The molecule has 0 aliphatic rings. The number of aliphatic imine (C=N–C) groups is 1. The molecule has 0 fully saturated rings. The lowest BCUT2D eigenvalue weighted by Crippen LogP contribution is -2.09. The van der Waals surface area contributed by atoms with E-state index in [0.29, 0.717) is 18.0 Å². The Labute approximate surface area is 90.0 Å². The van der Waals surface area contributed by atoms with E-state index in [9.17, 15) is 0 Å². The minimum atomic E-state index is 0.261. The maximum Gasteiger partial charge on any atom is 0.217 e.